The van der Waals surface area contributed by atoms with Gasteiger partial charge in [-0.2, -0.15) is 0 Å². The van der Waals surface area contributed by atoms with E-state index in [1.54, 1.807) is 0 Å². The van der Waals surface area contributed by atoms with Crippen LogP contribution in [0.4, 0.5) is 0 Å². The summed E-state index contributed by atoms with van der Waals surface area (Å²) in [5.41, 5.74) is -0.319. The standard InChI is InChI=1S/C14H15BrO3/c15-11-5-3-4-10(8-11)9-14(13(17)18)7-2-1-6-12(14)16/h3-5,8H,1-2,6-7,9H2,(H,17,18). The maximum Gasteiger partial charge on any atom is 0.317 e. The van der Waals surface area contributed by atoms with Crippen molar-refractivity contribution in [3.63, 3.8) is 0 Å². The van der Waals surface area contributed by atoms with Crippen LogP contribution in [0.5, 0.6) is 0 Å². The first kappa shape index (κ1) is 13.3. The number of rotatable bonds is 3. The van der Waals surface area contributed by atoms with Gasteiger partial charge in [0, 0.05) is 10.9 Å². The molecule has 0 bridgehead atoms. The number of aliphatic carboxylic acids is 1. The molecule has 1 N–H and O–H groups in total. The van der Waals surface area contributed by atoms with E-state index in [4.69, 9.17) is 0 Å². The molecule has 1 fully saturated rings. The minimum atomic E-state index is -1.21. The maximum absolute atomic E-state index is 12.1. The van der Waals surface area contributed by atoms with Crippen molar-refractivity contribution in [1.29, 1.82) is 0 Å². The van der Waals surface area contributed by atoms with Crippen molar-refractivity contribution in [3.8, 4) is 0 Å². The Hall–Kier alpha value is -1.16. The number of carbonyl (C=O) groups is 2. The summed E-state index contributed by atoms with van der Waals surface area (Å²) in [6.45, 7) is 0. The van der Waals surface area contributed by atoms with Gasteiger partial charge in [0.2, 0.25) is 0 Å². The molecule has 1 aliphatic rings. The van der Waals surface area contributed by atoms with E-state index in [0.29, 0.717) is 19.3 Å². The molecule has 0 radical (unpaired) electrons. The van der Waals surface area contributed by atoms with Gasteiger partial charge in [0.1, 0.15) is 5.41 Å². The minimum Gasteiger partial charge on any atom is -0.480 e. The first-order chi connectivity index (χ1) is 8.54. The van der Waals surface area contributed by atoms with Crippen molar-refractivity contribution in [2.75, 3.05) is 0 Å². The number of ketones is 1. The minimum absolute atomic E-state index is 0.124. The largest absolute Gasteiger partial charge is 0.480 e. The lowest BCUT2D eigenvalue weighted by Crippen LogP contribution is -2.43. The van der Waals surface area contributed by atoms with E-state index in [2.05, 4.69) is 15.9 Å². The van der Waals surface area contributed by atoms with E-state index in [0.717, 1.165) is 22.9 Å². The Labute approximate surface area is 114 Å². The van der Waals surface area contributed by atoms with E-state index >= 15 is 0 Å². The zero-order chi connectivity index (χ0) is 13.2. The molecule has 4 heteroatoms. The molecule has 1 aromatic rings. The molecule has 1 saturated carbocycles. The van der Waals surface area contributed by atoms with Gasteiger partial charge < -0.3 is 5.11 Å². The monoisotopic (exact) mass is 310 g/mol. The number of carbonyl (C=O) groups excluding carboxylic acids is 1. The van der Waals surface area contributed by atoms with Gasteiger partial charge in [0.25, 0.3) is 0 Å². The topological polar surface area (TPSA) is 54.4 Å². The molecule has 0 aromatic heterocycles. The van der Waals surface area contributed by atoms with Gasteiger partial charge in [-0.05, 0) is 37.0 Å². The molecule has 1 unspecified atom stereocenters. The van der Waals surface area contributed by atoms with Crippen LogP contribution in [0.15, 0.2) is 28.7 Å². The fraction of sp³-hybridized carbons (Fsp3) is 0.429. The summed E-state index contributed by atoms with van der Waals surface area (Å²) in [5, 5.41) is 9.46. The lowest BCUT2D eigenvalue weighted by Gasteiger charge is -2.31. The van der Waals surface area contributed by atoms with Crippen LogP contribution in [0.25, 0.3) is 0 Å². The van der Waals surface area contributed by atoms with Gasteiger partial charge in [0.05, 0.1) is 0 Å². The van der Waals surface area contributed by atoms with E-state index < -0.39 is 11.4 Å². The number of carboxylic acid groups (broad SMARTS) is 1. The molecule has 1 atom stereocenters. The Balaban J connectivity index is 2.31. The molecule has 2 rings (SSSR count). The van der Waals surface area contributed by atoms with Gasteiger partial charge in [0.15, 0.2) is 5.78 Å². The lowest BCUT2D eigenvalue weighted by atomic mass is 9.69. The second kappa shape index (κ2) is 5.22. The third-order valence-corrected chi connectivity index (χ3v) is 4.09. The molecule has 18 heavy (non-hydrogen) atoms. The average molecular weight is 311 g/mol. The van der Waals surface area contributed by atoms with Gasteiger partial charge in [-0.25, -0.2) is 0 Å². The molecule has 96 valence electrons. The smallest absolute Gasteiger partial charge is 0.317 e. The highest BCUT2D eigenvalue weighted by Crippen LogP contribution is 2.37. The summed E-state index contributed by atoms with van der Waals surface area (Å²) in [4.78, 5) is 23.6. The van der Waals surface area contributed by atoms with E-state index in [1.807, 2.05) is 24.3 Å². The number of Topliss-reactive ketones (excluding diaryl/α,β-unsaturated/α-hetero) is 1. The predicted octanol–water partition coefficient (Wildman–Crippen LogP) is 3.21. The fourth-order valence-electron chi connectivity index (χ4n) is 2.58. The van der Waals surface area contributed by atoms with Crippen molar-refractivity contribution in [1.82, 2.24) is 0 Å². The van der Waals surface area contributed by atoms with Crippen molar-refractivity contribution in [2.24, 2.45) is 5.41 Å². The summed E-state index contributed by atoms with van der Waals surface area (Å²) < 4.78 is 0.906. The summed E-state index contributed by atoms with van der Waals surface area (Å²) in [6, 6.07) is 7.51. The van der Waals surface area contributed by atoms with Gasteiger partial charge in [-0.1, -0.05) is 34.5 Å². The SMILES string of the molecule is O=C(O)C1(Cc2cccc(Br)c2)CCCCC1=O. The van der Waals surface area contributed by atoms with Crippen LogP contribution in [0.1, 0.15) is 31.2 Å². The molecule has 0 heterocycles. The summed E-state index contributed by atoms with van der Waals surface area (Å²) in [6.07, 6.45) is 2.76. The summed E-state index contributed by atoms with van der Waals surface area (Å²) >= 11 is 3.36. The number of benzene rings is 1. The predicted molar refractivity (Wildman–Crippen MR) is 71.4 cm³/mol. The highest BCUT2D eigenvalue weighted by Gasteiger charge is 2.46. The Bertz CT molecular complexity index is 484. The summed E-state index contributed by atoms with van der Waals surface area (Å²) in [5.74, 6) is -1.10. The Morgan fingerprint density at radius 3 is 2.78 bits per heavy atom. The zero-order valence-corrected chi connectivity index (χ0v) is 11.6. The second-order valence-electron chi connectivity index (χ2n) is 4.82. The number of hydrogen-bond donors (Lipinski definition) is 1. The second-order valence-corrected chi connectivity index (χ2v) is 5.74. The average Bonchev–Trinajstić information content (AvgIpc) is 2.32. The number of hydrogen-bond acceptors (Lipinski definition) is 2. The van der Waals surface area contributed by atoms with Crippen LogP contribution >= 0.6 is 15.9 Å². The highest BCUT2D eigenvalue weighted by atomic mass is 79.9. The van der Waals surface area contributed by atoms with Crippen LogP contribution < -0.4 is 0 Å². The van der Waals surface area contributed by atoms with E-state index in [1.165, 1.54) is 0 Å². The zero-order valence-electron chi connectivity index (χ0n) is 9.99. The molecule has 0 spiro atoms. The van der Waals surface area contributed by atoms with E-state index in [-0.39, 0.29) is 5.78 Å². The Morgan fingerprint density at radius 1 is 1.39 bits per heavy atom. The maximum atomic E-state index is 12.1. The third kappa shape index (κ3) is 2.48. The molecule has 0 amide bonds. The van der Waals surface area contributed by atoms with E-state index in [9.17, 15) is 14.7 Å². The number of halogens is 1. The molecule has 0 saturated heterocycles. The van der Waals surface area contributed by atoms with Crippen LogP contribution in [0, 0.1) is 5.41 Å². The third-order valence-electron chi connectivity index (χ3n) is 3.60. The van der Waals surface area contributed by atoms with Gasteiger partial charge in [-0.3, -0.25) is 9.59 Å². The molecule has 3 nitrogen and oxygen atoms in total. The van der Waals surface area contributed by atoms with Crippen LogP contribution in [0.2, 0.25) is 0 Å². The van der Waals surface area contributed by atoms with Crippen LogP contribution in [-0.2, 0) is 16.0 Å². The van der Waals surface area contributed by atoms with Crippen molar-refractivity contribution >= 4 is 27.7 Å². The molecule has 1 aliphatic carbocycles. The van der Waals surface area contributed by atoms with Crippen molar-refractivity contribution in [2.45, 2.75) is 32.1 Å². The highest BCUT2D eigenvalue weighted by molar-refractivity contribution is 9.10. The van der Waals surface area contributed by atoms with Crippen LogP contribution in [0.3, 0.4) is 0 Å². The normalized spacial score (nSPS) is 23.9. The quantitative estimate of drug-likeness (QED) is 0.872. The van der Waals surface area contributed by atoms with Crippen molar-refractivity contribution in [3.05, 3.63) is 34.3 Å². The van der Waals surface area contributed by atoms with Crippen molar-refractivity contribution < 1.29 is 14.7 Å². The Kier molecular flexibility index (Phi) is 3.85. The summed E-state index contributed by atoms with van der Waals surface area (Å²) in [7, 11) is 0. The van der Waals surface area contributed by atoms with Gasteiger partial charge >= 0.3 is 5.97 Å². The Morgan fingerprint density at radius 2 is 2.17 bits per heavy atom. The molecular weight excluding hydrogens is 296 g/mol. The first-order valence-corrected chi connectivity index (χ1v) is 6.85. The van der Waals surface area contributed by atoms with Crippen LogP contribution in [-0.4, -0.2) is 16.9 Å². The molecular formula is C14H15BrO3. The lowest BCUT2D eigenvalue weighted by molar-refractivity contribution is -0.157. The van der Waals surface area contributed by atoms with Gasteiger partial charge in [-0.15, -0.1) is 0 Å². The first-order valence-electron chi connectivity index (χ1n) is 6.06. The number of carboxylic acids is 1. The molecule has 0 aliphatic heterocycles. The fourth-order valence-corrected chi connectivity index (χ4v) is 3.02. The molecule has 1 aromatic carbocycles.